The lowest BCUT2D eigenvalue weighted by Crippen LogP contribution is -2.13. The molecule has 1 aromatic heterocycles. The molecule has 1 N–H and O–H groups in total. The van der Waals surface area contributed by atoms with Crippen molar-refractivity contribution >= 4 is 28.6 Å². The monoisotopic (exact) mass is 304 g/mol. The standard InChI is InChI=1S/C16H20N2O2S/c1-3-17-10-13-9-12-7-5-6-8-14(12)18-16(13)21-11-15(19)20-4-2/h5-9,17H,3-4,10-11H2,1-2H3. The van der Waals surface area contributed by atoms with Gasteiger partial charge in [0.1, 0.15) is 5.03 Å². The van der Waals surface area contributed by atoms with E-state index in [4.69, 9.17) is 4.74 Å². The number of hydrogen-bond donors (Lipinski definition) is 1. The van der Waals surface area contributed by atoms with Gasteiger partial charge in [0.25, 0.3) is 0 Å². The Morgan fingerprint density at radius 3 is 2.90 bits per heavy atom. The second-order valence-corrected chi connectivity index (χ2v) is 5.48. The van der Waals surface area contributed by atoms with Gasteiger partial charge in [0, 0.05) is 11.9 Å². The first kappa shape index (κ1) is 15.8. The summed E-state index contributed by atoms with van der Waals surface area (Å²) in [6.07, 6.45) is 0. The first-order valence-electron chi connectivity index (χ1n) is 7.12. The molecule has 0 fully saturated rings. The Bertz CT molecular complexity index is 616. The number of para-hydroxylation sites is 1. The SMILES string of the molecule is CCNCc1cc2ccccc2nc1SCC(=O)OCC. The number of pyridine rings is 1. The van der Waals surface area contributed by atoms with Gasteiger partial charge in [0.05, 0.1) is 17.9 Å². The fraction of sp³-hybridized carbons (Fsp3) is 0.375. The van der Waals surface area contributed by atoms with Gasteiger partial charge in [0.2, 0.25) is 0 Å². The number of fused-ring (bicyclic) bond motifs is 1. The summed E-state index contributed by atoms with van der Waals surface area (Å²) < 4.78 is 4.97. The molecule has 2 rings (SSSR count). The summed E-state index contributed by atoms with van der Waals surface area (Å²) in [6, 6.07) is 10.2. The Kier molecular flexibility index (Phi) is 6.02. The van der Waals surface area contributed by atoms with Crippen LogP contribution in [0, 0.1) is 0 Å². The zero-order valence-electron chi connectivity index (χ0n) is 12.4. The average Bonchev–Trinajstić information content (AvgIpc) is 2.50. The van der Waals surface area contributed by atoms with Gasteiger partial charge in [-0.3, -0.25) is 4.79 Å². The van der Waals surface area contributed by atoms with Crippen molar-refractivity contribution in [2.45, 2.75) is 25.4 Å². The Morgan fingerprint density at radius 2 is 2.14 bits per heavy atom. The molecule has 0 aliphatic heterocycles. The van der Waals surface area contributed by atoms with Crippen molar-refractivity contribution in [3.8, 4) is 0 Å². The molecule has 0 bridgehead atoms. The van der Waals surface area contributed by atoms with E-state index in [1.807, 2.05) is 25.1 Å². The zero-order valence-corrected chi connectivity index (χ0v) is 13.2. The van der Waals surface area contributed by atoms with E-state index in [2.05, 4.69) is 29.4 Å². The lowest BCUT2D eigenvalue weighted by Gasteiger charge is -2.10. The molecular weight excluding hydrogens is 284 g/mol. The smallest absolute Gasteiger partial charge is 0.316 e. The lowest BCUT2D eigenvalue weighted by atomic mass is 10.1. The molecular formula is C16H20N2O2S. The molecule has 0 radical (unpaired) electrons. The fourth-order valence-electron chi connectivity index (χ4n) is 1.98. The molecule has 0 aliphatic rings. The molecule has 0 amide bonds. The number of benzene rings is 1. The van der Waals surface area contributed by atoms with Crippen LogP contribution in [0.5, 0.6) is 0 Å². The van der Waals surface area contributed by atoms with Crippen molar-refractivity contribution < 1.29 is 9.53 Å². The van der Waals surface area contributed by atoms with Crippen LogP contribution >= 0.6 is 11.8 Å². The highest BCUT2D eigenvalue weighted by atomic mass is 32.2. The predicted octanol–water partition coefficient (Wildman–Crippen LogP) is 3.00. The van der Waals surface area contributed by atoms with Crippen LogP contribution in [-0.4, -0.2) is 29.9 Å². The van der Waals surface area contributed by atoms with Crippen LogP contribution in [-0.2, 0) is 16.1 Å². The molecule has 1 aromatic carbocycles. The Hall–Kier alpha value is -1.59. The summed E-state index contributed by atoms with van der Waals surface area (Å²) in [5, 5.41) is 5.32. The molecule has 0 unspecified atom stereocenters. The highest BCUT2D eigenvalue weighted by Gasteiger charge is 2.10. The molecule has 1 heterocycles. The summed E-state index contributed by atoms with van der Waals surface area (Å²) in [7, 11) is 0. The third-order valence-electron chi connectivity index (χ3n) is 2.96. The Balaban J connectivity index is 2.23. The minimum Gasteiger partial charge on any atom is -0.465 e. The van der Waals surface area contributed by atoms with Gasteiger partial charge in [-0.2, -0.15) is 0 Å². The third kappa shape index (κ3) is 4.44. The van der Waals surface area contributed by atoms with E-state index >= 15 is 0 Å². The molecule has 0 saturated carbocycles. The molecule has 0 aliphatic carbocycles. The van der Waals surface area contributed by atoms with E-state index in [9.17, 15) is 4.79 Å². The number of nitrogens with zero attached hydrogens (tertiary/aromatic N) is 1. The van der Waals surface area contributed by atoms with E-state index in [-0.39, 0.29) is 11.7 Å². The molecule has 0 saturated heterocycles. The van der Waals surface area contributed by atoms with E-state index in [0.29, 0.717) is 6.61 Å². The Labute approximate surface area is 129 Å². The molecule has 2 aromatic rings. The normalized spacial score (nSPS) is 10.8. The summed E-state index contributed by atoms with van der Waals surface area (Å²) in [5.41, 5.74) is 2.06. The van der Waals surface area contributed by atoms with Crippen LogP contribution < -0.4 is 5.32 Å². The number of nitrogens with one attached hydrogen (secondary N) is 1. The predicted molar refractivity (Wildman–Crippen MR) is 86.5 cm³/mol. The summed E-state index contributed by atoms with van der Waals surface area (Å²) in [6.45, 7) is 5.94. The quantitative estimate of drug-likeness (QED) is 0.629. The molecule has 21 heavy (non-hydrogen) atoms. The zero-order chi connectivity index (χ0) is 15.1. The van der Waals surface area contributed by atoms with Crippen LogP contribution in [0.25, 0.3) is 10.9 Å². The van der Waals surface area contributed by atoms with Crippen LogP contribution in [0.3, 0.4) is 0 Å². The van der Waals surface area contributed by atoms with Crippen molar-refractivity contribution in [2.75, 3.05) is 18.9 Å². The van der Waals surface area contributed by atoms with Crippen molar-refractivity contribution in [3.05, 3.63) is 35.9 Å². The molecule has 0 spiro atoms. The minimum absolute atomic E-state index is 0.202. The third-order valence-corrected chi connectivity index (χ3v) is 3.97. The van der Waals surface area contributed by atoms with Crippen molar-refractivity contribution in [3.63, 3.8) is 0 Å². The number of carbonyl (C=O) groups is 1. The number of rotatable bonds is 7. The fourth-order valence-corrected chi connectivity index (χ4v) is 2.80. The number of thioether (sulfide) groups is 1. The number of carbonyl (C=O) groups excluding carboxylic acids is 1. The molecule has 0 atom stereocenters. The van der Waals surface area contributed by atoms with Crippen molar-refractivity contribution in [1.29, 1.82) is 0 Å². The largest absolute Gasteiger partial charge is 0.465 e. The van der Waals surface area contributed by atoms with E-state index < -0.39 is 0 Å². The maximum absolute atomic E-state index is 11.5. The first-order chi connectivity index (χ1) is 10.2. The summed E-state index contributed by atoms with van der Waals surface area (Å²) in [4.78, 5) is 16.2. The maximum atomic E-state index is 11.5. The lowest BCUT2D eigenvalue weighted by molar-refractivity contribution is -0.139. The number of esters is 1. The van der Waals surface area contributed by atoms with Crippen LogP contribution in [0.15, 0.2) is 35.4 Å². The van der Waals surface area contributed by atoms with Crippen LogP contribution in [0.1, 0.15) is 19.4 Å². The van der Waals surface area contributed by atoms with Gasteiger partial charge in [0.15, 0.2) is 0 Å². The van der Waals surface area contributed by atoms with Crippen LogP contribution in [0.4, 0.5) is 0 Å². The van der Waals surface area contributed by atoms with Gasteiger partial charge in [-0.15, -0.1) is 0 Å². The van der Waals surface area contributed by atoms with Gasteiger partial charge in [-0.1, -0.05) is 36.9 Å². The van der Waals surface area contributed by atoms with Crippen molar-refractivity contribution in [1.82, 2.24) is 10.3 Å². The van der Waals surface area contributed by atoms with Gasteiger partial charge in [-0.05, 0) is 31.2 Å². The van der Waals surface area contributed by atoms with E-state index in [0.717, 1.165) is 34.6 Å². The number of ether oxygens (including phenoxy) is 1. The Morgan fingerprint density at radius 1 is 1.33 bits per heavy atom. The van der Waals surface area contributed by atoms with Crippen LogP contribution in [0.2, 0.25) is 0 Å². The average molecular weight is 304 g/mol. The summed E-state index contributed by atoms with van der Waals surface area (Å²) >= 11 is 1.43. The number of aromatic nitrogens is 1. The molecule has 112 valence electrons. The second kappa shape index (κ2) is 8.00. The van der Waals surface area contributed by atoms with E-state index in [1.165, 1.54) is 11.8 Å². The van der Waals surface area contributed by atoms with Crippen molar-refractivity contribution in [2.24, 2.45) is 0 Å². The van der Waals surface area contributed by atoms with Gasteiger partial charge < -0.3 is 10.1 Å². The van der Waals surface area contributed by atoms with Gasteiger partial charge in [-0.25, -0.2) is 4.98 Å². The second-order valence-electron chi connectivity index (χ2n) is 4.52. The molecule has 4 nitrogen and oxygen atoms in total. The maximum Gasteiger partial charge on any atom is 0.316 e. The first-order valence-corrected chi connectivity index (χ1v) is 8.11. The minimum atomic E-state index is -0.202. The topological polar surface area (TPSA) is 51.2 Å². The van der Waals surface area contributed by atoms with E-state index in [1.54, 1.807) is 0 Å². The highest BCUT2D eigenvalue weighted by Crippen LogP contribution is 2.25. The number of hydrogen-bond acceptors (Lipinski definition) is 5. The summed E-state index contributed by atoms with van der Waals surface area (Å²) in [5.74, 6) is 0.0880. The highest BCUT2D eigenvalue weighted by molar-refractivity contribution is 7.99. The molecule has 5 heteroatoms. The van der Waals surface area contributed by atoms with Gasteiger partial charge >= 0.3 is 5.97 Å².